The number of carbonyl (C=O) groups excluding carboxylic acids is 1. The van der Waals surface area contributed by atoms with E-state index in [0.717, 1.165) is 6.42 Å². The number of nitrogens with two attached hydrogens (primary N) is 1. The van der Waals surface area contributed by atoms with E-state index in [0.29, 0.717) is 31.2 Å². The van der Waals surface area contributed by atoms with Crippen LogP contribution in [-0.4, -0.2) is 46.2 Å². The van der Waals surface area contributed by atoms with Crippen LogP contribution in [0, 0.1) is 5.92 Å². The lowest BCUT2D eigenvalue weighted by atomic mass is 10.2. The zero-order valence-electron chi connectivity index (χ0n) is 11.4. The molecular weight excluding hydrogens is 236 g/mol. The third-order valence-corrected chi connectivity index (χ3v) is 4.97. The fraction of sp³-hybridized carbons (Fsp3) is 0.917. The quantitative estimate of drug-likeness (QED) is 0.709. The first-order valence-electron chi connectivity index (χ1n) is 6.21. The molecule has 0 aliphatic carbocycles. The van der Waals surface area contributed by atoms with Gasteiger partial charge in [0.1, 0.15) is 0 Å². The second-order valence-corrected chi connectivity index (χ2v) is 6.65. The molecule has 1 amide bonds. The first-order chi connectivity index (χ1) is 7.90. The first kappa shape index (κ1) is 16.6. The lowest BCUT2D eigenvalue weighted by Gasteiger charge is -2.18. The number of amides is 1. The van der Waals surface area contributed by atoms with Crippen LogP contribution < -0.4 is 5.73 Å². The monoisotopic (exact) mass is 262 g/mol. The smallest absolute Gasteiger partial charge is 0.223 e. The van der Waals surface area contributed by atoms with E-state index in [1.807, 2.05) is 6.92 Å². The molecule has 17 heavy (non-hydrogen) atoms. The van der Waals surface area contributed by atoms with Crippen LogP contribution in [0.25, 0.3) is 0 Å². The van der Waals surface area contributed by atoms with Crippen molar-refractivity contribution in [3.05, 3.63) is 0 Å². The van der Waals surface area contributed by atoms with E-state index in [2.05, 4.69) is 13.8 Å². The van der Waals surface area contributed by atoms with Gasteiger partial charge in [-0.1, -0.05) is 20.8 Å². The summed E-state index contributed by atoms with van der Waals surface area (Å²) in [6, 6.07) is 0. The highest BCUT2D eigenvalue weighted by atomic mass is 32.2. The molecule has 0 radical (unpaired) electrons. The van der Waals surface area contributed by atoms with Gasteiger partial charge in [0.05, 0.1) is 0 Å². The van der Waals surface area contributed by atoms with Crippen molar-refractivity contribution in [3.8, 4) is 0 Å². The maximum atomic E-state index is 11.8. The average molecular weight is 262 g/mol. The Kier molecular flexibility index (Phi) is 8.43. The van der Waals surface area contributed by atoms with E-state index in [9.17, 15) is 9.00 Å². The molecule has 102 valence electrons. The molecule has 0 bridgehead atoms. The topological polar surface area (TPSA) is 63.4 Å². The SMILES string of the molecule is CC(C)C(C)S(=O)CCC(=O)N(C)CCCN. The van der Waals surface area contributed by atoms with Crippen molar-refractivity contribution < 1.29 is 9.00 Å². The lowest BCUT2D eigenvalue weighted by molar-refractivity contribution is -0.129. The molecule has 0 aromatic heterocycles. The van der Waals surface area contributed by atoms with Gasteiger partial charge in [0.25, 0.3) is 0 Å². The van der Waals surface area contributed by atoms with Gasteiger partial charge in [-0.15, -0.1) is 0 Å². The van der Waals surface area contributed by atoms with Gasteiger partial charge in [0.15, 0.2) is 0 Å². The van der Waals surface area contributed by atoms with Crippen LogP contribution in [0.1, 0.15) is 33.6 Å². The molecule has 2 unspecified atom stereocenters. The molecule has 5 heteroatoms. The van der Waals surface area contributed by atoms with Gasteiger partial charge in [0.2, 0.25) is 5.91 Å². The summed E-state index contributed by atoms with van der Waals surface area (Å²) in [6.07, 6.45) is 1.18. The van der Waals surface area contributed by atoms with Crippen molar-refractivity contribution >= 4 is 16.7 Å². The Labute approximate surface area is 107 Å². The zero-order chi connectivity index (χ0) is 13.4. The number of hydrogen-bond donors (Lipinski definition) is 1. The van der Waals surface area contributed by atoms with Crippen molar-refractivity contribution in [1.82, 2.24) is 4.90 Å². The number of hydrogen-bond acceptors (Lipinski definition) is 3. The van der Waals surface area contributed by atoms with Crippen molar-refractivity contribution in [2.24, 2.45) is 11.7 Å². The van der Waals surface area contributed by atoms with Gasteiger partial charge in [0, 0.05) is 41.8 Å². The molecule has 0 rings (SSSR count). The van der Waals surface area contributed by atoms with Gasteiger partial charge < -0.3 is 10.6 Å². The predicted octanol–water partition coefficient (Wildman–Crippen LogP) is 0.977. The van der Waals surface area contributed by atoms with Crippen LogP contribution in [0.15, 0.2) is 0 Å². The molecule has 4 nitrogen and oxygen atoms in total. The number of carbonyl (C=O) groups is 1. The Morgan fingerprint density at radius 1 is 1.35 bits per heavy atom. The summed E-state index contributed by atoms with van der Waals surface area (Å²) in [5.74, 6) is 0.911. The van der Waals surface area contributed by atoms with Gasteiger partial charge in [-0.25, -0.2) is 0 Å². The number of rotatable bonds is 8. The van der Waals surface area contributed by atoms with E-state index in [1.165, 1.54) is 0 Å². The van der Waals surface area contributed by atoms with Gasteiger partial charge in [-0.3, -0.25) is 9.00 Å². The summed E-state index contributed by atoms with van der Waals surface area (Å²) in [5, 5.41) is 0.150. The third-order valence-electron chi connectivity index (χ3n) is 2.99. The molecule has 0 heterocycles. The summed E-state index contributed by atoms with van der Waals surface area (Å²) in [7, 11) is 0.861. The summed E-state index contributed by atoms with van der Waals surface area (Å²) in [4.78, 5) is 13.4. The highest BCUT2D eigenvalue weighted by Gasteiger charge is 2.17. The van der Waals surface area contributed by atoms with E-state index < -0.39 is 10.8 Å². The summed E-state index contributed by atoms with van der Waals surface area (Å²) in [5.41, 5.74) is 5.39. The van der Waals surface area contributed by atoms with Crippen molar-refractivity contribution in [2.75, 3.05) is 25.9 Å². The molecular formula is C12H26N2O2S. The fourth-order valence-corrected chi connectivity index (χ4v) is 2.68. The van der Waals surface area contributed by atoms with Crippen LogP contribution in [-0.2, 0) is 15.6 Å². The van der Waals surface area contributed by atoms with E-state index in [1.54, 1.807) is 11.9 Å². The minimum Gasteiger partial charge on any atom is -0.346 e. The van der Waals surface area contributed by atoms with E-state index in [4.69, 9.17) is 5.73 Å². The summed E-state index contributed by atoms with van der Waals surface area (Å²) in [6.45, 7) is 7.36. The Balaban J connectivity index is 3.95. The largest absolute Gasteiger partial charge is 0.346 e. The first-order valence-corrected chi connectivity index (χ1v) is 7.59. The Morgan fingerprint density at radius 3 is 2.41 bits per heavy atom. The van der Waals surface area contributed by atoms with Crippen LogP contribution >= 0.6 is 0 Å². The maximum absolute atomic E-state index is 11.8. The van der Waals surface area contributed by atoms with Crippen LogP contribution in [0.5, 0.6) is 0 Å². The minimum absolute atomic E-state index is 0.0581. The molecule has 0 saturated heterocycles. The lowest BCUT2D eigenvalue weighted by Crippen LogP contribution is -2.31. The maximum Gasteiger partial charge on any atom is 0.223 e. The molecule has 0 spiro atoms. The Morgan fingerprint density at radius 2 is 1.94 bits per heavy atom. The molecule has 0 fully saturated rings. The predicted molar refractivity (Wildman–Crippen MR) is 73.2 cm³/mol. The fourth-order valence-electron chi connectivity index (χ4n) is 1.32. The molecule has 0 aliphatic rings. The third kappa shape index (κ3) is 6.78. The normalized spacial score (nSPS) is 14.7. The second-order valence-electron chi connectivity index (χ2n) is 4.74. The molecule has 2 atom stereocenters. The molecule has 0 saturated carbocycles. The van der Waals surface area contributed by atoms with Crippen molar-refractivity contribution in [2.45, 2.75) is 38.9 Å². The highest BCUT2D eigenvalue weighted by molar-refractivity contribution is 7.85. The second kappa shape index (κ2) is 8.64. The minimum atomic E-state index is -0.910. The zero-order valence-corrected chi connectivity index (χ0v) is 12.3. The van der Waals surface area contributed by atoms with E-state index >= 15 is 0 Å². The number of nitrogens with zero attached hydrogens (tertiary/aromatic N) is 1. The summed E-state index contributed by atoms with van der Waals surface area (Å²) >= 11 is 0. The van der Waals surface area contributed by atoms with Crippen LogP contribution in [0.2, 0.25) is 0 Å². The average Bonchev–Trinajstić information content (AvgIpc) is 2.31. The molecule has 0 aromatic rings. The molecule has 2 N–H and O–H groups in total. The van der Waals surface area contributed by atoms with Gasteiger partial charge in [-0.05, 0) is 18.9 Å². The Hall–Kier alpha value is -0.420. The standard InChI is InChI=1S/C12H26N2O2S/c1-10(2)11(3)17(16)9-6-12(15)14(4)8-5-7-13/h10-11H,5-9,13H2,1-4H3. The van der Waals surface area contributed by atoms with Crippen LogP contribution in [0.3, 0.4) is 0 Å². The Bertz CT molecular complexity index is 257. The van der Waals surface area contributed by atoms with Crippen molar-refractivity contribution in [1.29, 1.82) is 0 Å². The van der Waals surface area contributed by atoms with Crippen LogP contribution in [0.4, 0.5) is 0 Å². The molecule has 0 aromatic carbocycles. The highest BCUT2D eigenvalue weighted by Crippen LogP contribution is 2.09. The van der Waals surface area contributed by atoms with Gasteiger partial charge in [-0.2, -0.15) is 0 Å². The summed E-state index contributed by atoms with van der Waals surface area (Å²) < 4.78 is 11.8. The van der Waals surface area contributed by atoms with Gasteiger partial charge >= 0.3 is 0 Å². The van der Waals surface area contributed by atoms with Crippen molar-refractivity contribution in [3.63, 3.8) is 0 Å². The van der Waals surface area contributed by atoms with E-state index in [-0.39, 0.29) is 11.2 Å². The molecule has 0 aliphatic heterocycles.